The molecule has 1 amide bonds. The lowest BCUT2D eigenvalue weighted by Crippen LogP contribution is -2.34. The Morgan fingerprint density at radius 1 is 1.25 bits per heavy atom. The van der Waals surface area contributed by atoms with Crippen molar-refractivity contribution in [2.45, 2.75) is 19.4 Å². The van der Waals surface area contributed by atoms with Crippen molar-refractivity contribution >= 4 is 38.1 Å². The number of aromatic nitrogens is 2. The number of thiazole rings is 1. The number of rotatable bonds is 4. The van der Waals surface area contributed by atoms with E-state index in [4.69, 9.17) is 0 Å². The number of nitrogens with zero attached hydrogens (tertiary/aromatic N) is 3. The fourth-order valence-electron chi connectivity index (χ4n) is 3.40. The zero-order valence-electron chi connectivity index (χ0n) is 15.3. The van der Waals surface area contributed by atoms with Crippen molar-refractivity contribution in [2.75, 3.05) is 15.9 Å². The third-order valence-electron chi connectivity index (χ3n) is 4.55. The number of pyridine rings is 1. The first-order chi connectivity index (χ1) is 13.3. The number of carbonyl (C=O) groups excluding carboxylic acids is 1. The first-order valence-electron chi connectivity index (χ1n) is 8.62. The van der Waals surface area contributed by atoms with Crippen LogP contribution in [0.3, 0.4) is 0 Å². The Morgan fingerprint density at radius 3 is 2.71 bits per heavy atom. The average molecular weight is 415 g/mol. The maximum absolute atomic E-state index is 12.2. The molecule has 0 fully saturated rings. The van der Waals surface area contributed by atoms with Crippen molar-refractivity contribution in [3.63, 3.8) is 0 Å². The summed E-state index contributed by atoms with van der Waals surface area (Å²) in [6.07, 6.45) is 5.01. The molecule has 0 unspecified atom stereocenters. The van der Waals surface area contributed by atoms with Gasteiger partial charge in [0.2, 0.25) is 10.0 Å². The maximum atomic E-state index is 12.2. The summed E-state index contributed by atoms with van der Waals surface area (Å²) in [4.78, 5) is 20.6. The molecule has 0 spiro atoms. The second-order valence-corrected chi connectivity index (χ2v) is 9.40. The van der Waals surface area contributed by atoms with Crippen LogP contribution in [-0.2, 0) is 16.4 Å². The molecule has 0 saturated carbocycles. The molecule has 0 saturated heterocycles. The van der Waals surface area contributed by atoms with Gasteiger partial charge in [0.05, 0.1) is 17.6 Å². The van der Waals surface area contributed by atoms with Gasteiger partial charge >= 0.3 is 0 Å². The molecule has 28 heavy (non-hydrogen) atoms. The summed E-state index contributed by atoms with van der Waals surface area (Å²) >= 11 is 1.34. The minimum atomic E-state index is -3.31. The minimum Gasteiger partial charge on any atom is -0.298 e. The van der Waals surface area contributed by atoms with E-state index in [0.29, 0.717) is 17.1 Å². The second kappa shape index (κ2) is 6.99. The Kier molecular flexibility index (Phi) is 4.64. The number of hydrogen-bond donors (Lipinski definition) is 1. The van der Waals surface area contributed by atoms with Crippen LogP contribution < -0.4 is 9.62 Å². The molecular formula is C19H18N4O3S2. The lowest BCUT2D eigenvalue weighted by molar-refractivity contribution is 0.102. The van der Waals surface area contributed by atoms with E-state index >= 15 is 0 Å². The molecule has 7 nitrogen and oxygen atoms in total. The van der Waals surface area contributed by atoms with E-state index in [-0.39, 0.29) is 11.9 Å². The van der Waals surface area contributed by atoms with Crippen molar-refractivity contribution in [3.05, 3.63) is 59.2 Å². The minimum absolute atomic E-state index is 0.106. The van der Waals surface area contributed by atoms with Crippen LogP contribution in [0.25, 0.3) is 11.3 Å². The topological polar surface area (TPSA) is 92.3 Å². The molecule has 4 rings (SSSR count). The Morgan fingerprint density at radius 2 is 2.00 bits per heavy atom. The van der Waals surface area contributed by atoms with Crippen LogP contribution in [0, 0.1) is 0 Å². The monoisotopic (exact) mass is 414 g/mol. The first kappa shape index (κ1) is 18.6. The summed E-state index contributed by atoms with van der Waals surface area (Å²) in [7, 11) is -3.31. The summed E-state index contributed by atoms with van der Waals surface area (Å²) < 4.78 is 25.6. The van der Waals surface area contributed by atoms with Crippen LogP contribution in [0.1, 0.15) is 22.8 Å². The number of carbonyl (C=O) groups is 1. The van der Waals surface area contributed by atoms with Crippen LogP contribution in [0.4, 0.5) is 10.8 Å². The molecule has 0 bridgehead atoms. The lowest BCUT2D eigenvalue weighted by atomic mass is 10.1. The molecule has 3 heterocycles. The van der Waals surface area contributed by atoms with E-state index in [1.54, 1.807) is 24.5 Å². The molecule has 9 heteroatoms. The van der Waals surface area contributed by atoms with E-state index in [0.717, 1.165) is 22.5 Å². The predicted octanol–water partition coefficient (Wildman–Crippen LogP) is 3.17. The zero-order valence-corrected chi connectivity index (χ0v) is 16.9. The van der Waals surface area contributed by atoms with Gasteiger partial charge in [-0.3, -0.25) is 19.4 Å². The maximum Gasteiger partial charge on any atom is 0.257 e. The summed E-state index contributed by atoms with van der Waals surface area (Å²) in [6, 6.07) is 8.83. The summed E-state index contributed by atoms with van der Waals surface area (Å²) in [5.74, 6) is -0.241. The van der Waals surface area contributed by atoms with Gasteiger partial charge in [0.25, 0.3) is 5.91 Å². The van der Waals surface area contributed by atoms with Crippen molar-refractivity contribution in [1.29, 1.82) is 0 Å². The van der Waals surface area contributed by atoms with Gasteiger partial charge < -0.3 is 0 Å². The van der Waals surface area contributed by atoms with Crippen molar-refractivity contribution in [3.8, 4) is 11.3 Å². The van der Waals surface area contributed by atoms with Crippen molar-refractivity contribution in [1.82, 2.24) is 9.97 Å². The van der Waals surface area contributed by atoms with Gasteiger partial charge in [-0.2, -0.15) is 0 Å². The number of anilines is 2. The molecule has 3 aromatic rings. The Balaban J connectivity index is 1.57. The van der Waals surface area contributed by atoms with Gasteiger partial charge in [0.1, 0.15) is 0 Å². The fourth-order valence-corrected chi connectivity index (χ4v) is 5.38. The summed E-state index contributed by atoms with van der Waals surface area (Å²) in [6.45, 7) is 1.90. The molecule has 1 atom stereocenters. The van der Waals surface area contributed by atoms with E-state index < -0.39 is 10.0 Å². The number of nitrogens with one attached hydrogen (secondary N) is 1. The largest absolute Gasteiger partial charge is 0.298 e. The van der Waals surface area contributed by atoms with Gasteiger partial charge in [-0.05, 0) is 43.2 Å². The standard InChI is InChI=1S/C19H18N4O3S2/c1-12-9-15-10-14(3-4-17(15)23(12)28(2,25)26)16-11-27-19(21-16)22-18(24)13-5-7-20-8-6-13/h3-8,10-12H,9H2,1-2H3,(H,21,22,24)/t12-/m0/s1. The highest BCUT2D eigenvalue weighted by Gasteiger charge is 2.32. The number of hydrogen-bond acceptors (Lipinski definition) is 6. The van der Waals surface area contributed by atoms with Crippen molar-refractivity contribution < 1.29 is 13.2 Å². The molecule has 0 aliphatic carbocycles. The van der Waals surface area contributed by atoms with E-state index in [9.17, 15) is 13.2 Å². The molecule has 1 aliphatic rings. The normalized spacial score (nSPS) is 16.1. The molecule has 144 valence electrons. The highest BCUT2D eigenvalue weighted by atomic mass is 32.2. The van der Waals surface area contributed by atoms with E-state index in [2.05, 4.69) is 15.3 Å². The van der Waals surface area contributed by atoms with Crippen molar-refractivity contribution in [2.24, 2.45) is 0 Å². The Bertz CT molecular complexity index is 1140. The third kappa shape index (κ3) is 3.50. The number of benzene rings is 1. The number of fused-ring (bicyclic) bond motifs is 1. The van der Waals surface area contributed by atoms with E-state index in [1.165, 1.54) is 21.9 Å². The van der Waals surface area contributed by atoms with Crippen LogP contribution in [-0.4, -0.2) is 36.6 Å². The molecule has 2 aromatic heterocycles. The average Bonchev–Trinajstić information content (AvgIpc) is 3.24. The summed E-state index contributed by atoms with van der Waals surface area (Å²) in [5.41, 5.74) is 3.84. The molecule has 1 aliphatic heterocycles. The van der Waals surface area contributed by atoms with Crippen LogP contribution >= 0.6 is 11.3 Å². The van der Waals surface area contributed by atoms with Crippen LogP contribution in [0.15, 0.2) is 48.1 Å². The fraction of sp³-hybridized carbons (Fsp3) is 0.211. The second-order valence-electron chi connectivity index (χ2n) is 6.68. The molecule has 1 N–H and O–H groups in total. The molecule has 0 radical (unpaired) electrons. The first-order valence-corrected chi connectivity index (χ1v) is 11.4. The number of amides is 1. The Labute approximate surface area is 167 Å². The SMILES string of the molecule is C[C@H]1Cc2cc(-c3csc(NC(=O)c4ccncc4)n3)ccc2N1S(C)(=O)=O. The molecule has 1 aromatic carbocycles. The number of sulfonamides is 1. The molecular weight excluding hydrogens is 396 g/mol. The quantitative estimate of drug-likeness (QED) is 0.708. The smallest absolute Gasteiger partial charge is 0.257 e. The van der Waals surface area contributed by atoms with Gasteiger partial charge in [0, 0.05) is 34.9 Å². The highest BCUT2D eigenvalue weighted by Crippen LogP contribution is 2.37. The van der Waals surface area contributed by atoms with Gasteiger partial charge in [-0.15, -0.1) is 11.3 Å². The summed E-state index contributed by atoms with van der Waals surface area (Å²) in [5, 5.41) is 5.16. The van der Waals surface area contributed by atoms with Gasteiger partial charge in [0.15, 0.2) is 5.13 Å². The zero-order chi connectivity index (χ0) is 19.9. The predicted molar refractivity (Wildman–Crippen MR) is 110 cm³/mol. The van der Waals surface area contributed by atoms with Gasteiger partial charge in [-0.1, -0.05) is 6.07 Å². The van der Waals surface area contributed by atoms with Gasteiger partial charge in [-0.25, -0.2) is 13.4 Å². The van der Waals surface area contributed by atoms with E-state index in [1.807, 2.05) is 30.5 Å². The lowest BCUT2D eigenvalue weighted by Gasteiger charge is -2.21. The highest BCUT2D eigenvalue weighted by molar-refractivity contribution is 7.92. The third-order valence-corrected chi connectivity index (χ3v) is 6.58. The Hall–Kier alpha value is -2.78. The van der Waals surface area contributed by atoms with Crippen LogP contribution in [0.5, 0.6) is 0 Å². The van der Waals surface area contributed by atoms with Crippen LogP contribution in [0.2, 0.25) is 0 Å².